The monoisotopic (exact) mass is 269 g/mol. The summed E-state index contributed by atoms with van der Waals surface area (Å²) >= 11 is 3.13. The molecule has 15 heavy (non-hydrogen) atoms. The van der Waals surface area contributed by atoms with Crippen molar-refractivity contribution >= 4 is 38.2 Å². The molecule has 0 spiro atoms. The van der Waals surface area contributed by atoms with Gasteiger partial charge in [0.15, 0.2) is 0 Å². The van der Waals surface area contributed by atoms with Crippen molar-refractivity contribution in [3.63, 3.8) is 0 Å². The number of nitrogens with two attached hydrogens (primary N) is 1. The van der Waals surface area contributed by atoms with Crippen LogP contribution in [0, 0.1) is 5.82 Å². The topological polar surface area (TPSA) is 50.9 Å². The molecule has 5 heteroatoms. The smallest absolute Gasteiger partial charge is 0.148 e. The first-order chi connectivity index (χ1) is 7.15. The Morgan fingerprint density at radius 3 is 2.87 bits per heavy atom. The zero-order chi connectivity index (χ0) is 11.0. The molecule has 2 rings (SSSR count). The van der Waals surface area contributed by atoms with Gasteiger partial charge < -0.3 is 11.1 Å². The SMILES string of the molecule is CNc1c(N)cnc2ccc(Br)c(F)c12. The van der Waals surface area contributed by atoms with Crippen molar-refractivity contribution in [1.82, 2.24) is 4.98 Å². The summed E-state index contributed by atoms with van der Waals surface area (Å²) in [6.45, 7) is 0. The Morgan fingerprint density at radius 2 is 2.20 bits per heavy atom. The number of benzene rings is 1. The van der Waals surface area contributed by atoms with Crippen molar-refractivity contribution in [3.05, 3.63) is 28.6 Å². The van der Waals surface area contributed by atoms with E-state index < -0.39 is 0 Å². The number of halogens is 2. The second-order valence-corrected chi connectivity index (χ2v) is 3.95. The average Bonchev–Trinajstić information content (AvgIpc) is 2.24. The van der Waals surface area contributed by atoms with Crippen LogP contribution in [0.4, 0.5) is 15.8 Å². The number of fused-ring (bicyclic) bond motifs is 1. The minimum atomic E-state index is -0.350. The molecule has 1 aromatic heterocycles. The van der Waals surface area contributed by atoms with Crippen molar-refractivity contribution in [2.45, 2.75) is 0 Å². The summed E-state index contributed by atoms with van der Waals surface area (Å²) in [5.74, 6) is -0.350. The molecular formula is C10H9BrFN3. The summed E-state index contributed by atoms with van der Waals surface area (Å²) in [5, 5.41) is 3.29. The van der Waals surface area contributed by atoms with E-state index in [2.05, 4.69) is 26.2 Å². The summed E-state index contributed by atoms with van der Waals surface area (Å²) in [6, 6.07) is 3.36. The molecule has 0 radical (unpaired) electrons. The van der Waals surface area contributed by atoms with E-state index in [0.717, 1.165) is 0 Å². The highest BCUT2D eigenvalue weighted by Gasteiger charge is 2.12. The zero-order valence-corrected chi connectivity index (χ0v) is 9.60. The molecule has 0 aliphatic rings. The molecule has 3 N–H and O–H groups in total. The van der Waals surface area contributed by atoms with E-state index in [1.165, 1.54) is 6.20 Å². The van der Waals surface area contributed by atoms with E-state index in [-0.39, 0.29) is 5.82 Å². The summed E-state index contributed by atoms with van der Waals surface area (Å²) in [7, 11) is 1.70. The van der Waals surface area contributed by atoms with E-state index in [1.54, 1.807) is 19.2 Å². The van der Waals surface area contributed by atoms with Crippen LogP contribution in [0.1, 0.15) is 0 Å². The summed E-state index contributed by atoms with van der Waals surface area (Å²) in [5.41, 5.74) is 7.29. The lowest BCUT2D eigenvalue weighted by Crippen LogP contribution is -1.99. The van der Waals surface area contributed by atoms with Crippen molar-refractivity contribution in [2.24, 2.45) is 0 Å². The number of nitrogens with zero attached hydrogens (tertiary/aromatic N) is 1. The Hall–Kier alpha value is -1.36. The van der Waals surface area contributed by atoms with Crippen LogP contribution in [0.15, 0.2) is 22.8 Å². The van der Waals surface area contributed by atoms with Gasteiger partial charge in [0.2, 0.25) is 0 Å². The maximum absolute atomic E-state index is 13.8. The Kier molecular flexibility index (Phi) is 2.48. The molecule has 0 aliphatic carbocycles. The summed E-state index contributed by atoms with van der Waals surface area (Å²) in [4.78, 5) is 4.07. The zero-order valence-electron chi connectivity index (χ0n) is 8.01. The molecule has 0 atom stereocenters. The van der Waals surface area contributed by atoms with Crippen LogP contribution >= 0.6 is 15.9 Å². The van der Waals surface area contributed by atoms with Gasteiger partial charge in [-0.1, -0.05) is 0 Å². The molecule has 78 valence electrons. The molecule has 1 aromatic carbocycles. The highest BCUT2D eigenvalue weighted by Crippen LogP contribution is 2.32. The fourth-order valence-corrected chi connectivity index (χ4v) is 1.83. The van der Waals surface area contributed by atoms with Crippen molar-refractivity contribution in [3.8, 4) is 0 Å². The Bertz CT molecular complexity index is 522. The third-order valence-corrected chi connectivity index (χ3v) is 2.82. The third kappa shape index (κ3) is 1.52. The van der Waals surface area contributed by atoms with Crippen LogP contribution in [0.3, 0.4) is 0 Å². The van der Waals surface area contributed by atoms with Crippen LogP contribution in [0.5, 0.6) is 0 Å². The van der Waals surface area contributed by atoms with Gasteiger partial charge in [-0.15, -0.1) is 0 Å². The van der Waals surface area contributed by atoms with Gasteiger partial charge in [0, 0.05) is 7.05 Å². The van der Waals surface area contributed by atoms with Crippen LogP contribution in [0.25, 0.3) is 10.9 Å². The first-order valence-corrected chi connectivity index (χ1v) is 5.14. The highest BCUT2D eigenvalue weighted by atomic mass is 79.9. The molecule has 0 saturated carbocycles. The van der Waals surface area contributed by atoms with Gasteiger partial charge in [-0.25, -0.2) is 4.39 Å². The Labute approximate surface area is 94.6 Å². The van der Waals surface area contributed by atoms with Gasteiger partial charge in [-0.2, -0.15) is 0 Å². The number of anilines is 2. The quantitative estimate of drug-likeness (QED) is 0.837. The first-order valence-electron chi connectivity index (χ1n) is 4.35. The lowest BCUT2D eigenvalue weighted by atomic mass is 10.1. The van der Waals surface area contributed by atoms with Gasteiger partial charge in [0.05, 0.1) is 32.9 Å². The third-order valence-electron chi connectivity index (χ3n) is 2.20. The normalized spacial score (nSPS) is 10.6. The largest absolute Gasteiger partial charge is 0.396 e. The lowest BCUT2D eigenvalue weighted by molar-refractivity contribution is 0.633. The van der Waals surface area contributed by atoms with Crippen LogP contribution < -0.4 is 11.1 Å². The van der Waals surface area contributed by atoms with Gasteiger partial charge >= 0.3 is 0 Å². The van der Waals surface area contributed by atoms with Gasteiger partial charge in [-0.3, -0.25) is 4.98 Å². The van der Waals surface area contributed by atoms with Crippen molar-refractivity contribution in [2.75, 3.05) is 18.1 Å². The van der Waals surface area contributed by atoms with Gasteiger partial charge in [-0.05, 0) is 28.1 Å². The predicted molar refractivity (Wildman–Crippen MR) is 63.4 cm³/mol. The van der Waals surface area contributed by atoms with Crippen molar-refractivity contribution < 1.29 is 4.39 Å². The maximum Gasteiger partial charge on any atom is 0.148 e. The van der Waals surface area contributed by atoms with E-state index in [9.17, 15) is 4.39 Å². The average molecular weight is 270 g/mol. The van der Waals surface area contributed by atoms with Gasteiger partial charge in [0.1, 0.15) is 5.82 Å². The van der Waals surface area contributed by atoms with Crippen LogP contribution in [-0.2, 0) is 0 Å². The molecule has 0 unspecified atom stereocenters. The molecule has 0 aliphatic heterocycles. The maximum atomic E-state index is 13.8. The van der Waals surface area contributed by atoms with Crippen molar-refractivity contribution in [1.29, 1.82) is 0 Å². The molecule has 2 aromatic rings. The number of hydrogen-bond acceptors (Lipinski definition) is 3. The number of nitrogens with one attached hydrogen (secondary N) is 1. The highest BCUT2D eigenvalue weighted by molar-refractivity contribution is 9.10. The summed E-state index contributed by atoms with van der Waals surface area (Å²) in [6.07, 6.45) is 1.52. The first kappa shape index (κ1) is 10.2. The summed E-state index contributed by atoms with van der Waals surface area (Å²) < 4.78 is 14.2. The Balaban J connectivity index is 2.94. The second kappa shape index (κ2) is 3.66. The number of pyridine rings is 1. The van der Waals surface area contributed by atoms with E-state index >= 15 is 0 Å². The molecule has 3 nitrogen and oxygen atoms in total. The second-order valence-electron chi connectivity index (χ2n) is 3.09. The number of hydrogen-bond donors (Lipinski definition) is 2. The molecule has 0 saturated heterocycles. The van der Waals surface area contributed by atoms with E-state index in [4.69, 9.17) is 5.73 Å². The number of nitrogen functional groups attached to an aromatic ring is 1. The Morgan fingerprint density at radius 1 is 1.47 bits per heavy atom. The number of aromatic nitrogens is 1. The lowest BCUT2D eigenvalue weighted by Gasteiger charge is -2.09. The fourth-order valence-electron chi connectivity index (χ4n) is 1.50. The minimum absolute atomic E-state index is 0.350. The predicted octanol–water partition coefficient (Wildman–Crippen LogP) is 2.76. The minimum Gasteiger partial charge on any atom is -0.396 e. The molecular weight excluding hydrogens is 261 g/mol. The van der Waals surface area contributed by atoms with E-state index in [1.807, 2.05) is 0 Å². The molecule has 0 fully saturated rings. The van der Waals surface area contributed by atoms with Crippen LogP contribution in [0.2, 0.25) is 0 Å². The fraction of sp³-hybridized carbons (Fsp3) is 0.100. The molecule has 0 amide bonds. The number of rotatable bonds is 1. The van der Waals surface area contributed by atoms with Gasteiger partial charge in [0.25, 0.3) is 0 Å². The molecule has 1 heterocycles. The molecule has 0 bridgehead atoms. The van der Waals surface area contributed by atoms with E-state index in [0.29, 0.717) is 26.8 Å². The standard InChI is InChI=1S/C10H9BrFN3/c1-14-10-6(13)4-15-7-3-2-5(11)9(12)8(7)10/h2-4H,13H2,1H3,(H,14,15). The van der Waals surface area contributed by atoms with Crippen LogP contribution in [-0.4, -0.2) is 12.0 Å².